The number of ether oxygens (including phenoxy) is 2. The van der Waals surface area contributed by atoms with Crippen molar-refractivity contribution in [2.24, 2.45) is 0 Å². The minimum Gasteiger partial charge on any atom is -0.508 e. The summed E-state index contributed by atoms with van der Waals surface area (Å²) in [6.45, 7) is 1.35. The fourth-order valence-corrected chi connectivity index (χ4v) is 2.75. The normalized spacial score (nSPS) is 19.4. The molecule has 3 atom stereocenters. The predicted octanol–water partition coefficient (Wildman–Crippen LogP) is -0.477. The molecule has 0 radical (unpaired) electrons. The standard InChI is InChI=1S/C18H20N2O9/c1-9-7-29-17(19-13(9)16(26)27)18(8-21,28-2)20-14(23)12(15(24)25)10-3-5-11(22)6-4-10/h3-6,8,12,17,19,22H,7H2,1-2H3,(H,20,23)(H,24,25)(H,26,27)/t12-,17-,18+/m1/s1. The molecule has 1 aliphatic heterocycles. The van der Waals surface area contributed by atoms with Crippen molar-refractivity contribution in [1.82, 2.24) is 10.6 Å². The number of carboxylic acid groups (broad SMARTS) is 2. The number of aromatic hydroxyl groups is 1. The van der Waals surface area contributed by atoms with Crippen molar-refractivity contribution in [3.05, 3.63) is 41.1 Å². The lowest BCUT2D eigenvalue weighted by molar-refractivity contribution is -0.174. The van der Waals surface area contributed by atoms with Crippen LogP contribution in [0.1, 0.15) is 18.4 Å². The van der Waals surface area contributed by atoms with Crippen LogP contribution in [0.3, 0.4) is 0 Å². The van der Waals surface area contributed by atoms with Crippen LogP contribution < -0.4 is 10.6 Å². The molecular weight excluding hydrogens is 388 g/mol. The van der Waals surface area contributed by atoms with Crippen LogP contribution in [0.5, 0.6) is 5.75 Å². The third kappa shape index (κ3) is 4.52. The van der Waals surface area contributed by atoms with Gasteiger partial charge in [0.2, 0.25) is 11.6 Å². The maximum absolute atomic E-state index is 12.7. The fraction of sp³-hybridized carbons (Fsp3) is 0.333. The Labute approximate surface area is 164 Å². The lowest BCUT2D eigenvalue weighted by atomic mass is 9.97. The van der Waals surface area contributed by atoms with Gasteiger partial charge in [-0.05, 0) is 30.2 Å². The molecule has 1 aromatic rings. The number of aliphatic carboxylic acids is 2. The first-order chi connectivity index (χ1) is 13.6. The van der Waals surface area contributed by atoms with Crippen LogP contribution >= 0.6 is 0 Å². The summed E-state index contributed by atoms with van der Waals surface area (Å²) in [6.07, 6.45) is -1.25. The Hall–Kier alpha value is -3.44. The number of phenols is 1. The molecule has 2 rings (SSSR count). The maximum atomic E-state index is 12.7. The van der Waals surface area contributed by atoms with Gasteiger partial charge in [-0.3, -0.25) is 14.4 Å². The first-order valence-electron chi connectivity index (χ1n) is 8.31. The van der Waals surface area contributed by atoms with Crippen LogP contribution in [-0.2, 0) is 28.7 Å². The second-order valence-electron chi connectivity index (χ2n) is 6.26. The van der Waals surface area contributed by atoms with E-state index in [9.17, 15) is 34.5 Å². The van der Waals surface area contributed by atoms with Crippen LogP contribution in [0.25, 0.3) is 0 Å². The smallest absolute Gasteiger partial charge is 0.352 e. The summed E-state index contributed by atoms with van der Waals surface area (Å²) in [6, 6.07) is 4.90. The first kappa shape index (κ1) is 21.9. The number of methoxy groups -OCH3 is 1. The monoisotopic (exact) mass is 408 g/mol. The zero-order valence-corrected chi connectivity index (χ0v) is 15.5. The van der Waals surface area contributed by atoms with Gasteiger partial charge in [0.1, 0.15) is 11.4 Å². The van der Waals surface area contributed by atoms with E-state index in [2.05, 4.69) is 10.6 Å². The van der Waals surface area contributed by atoms with Gasteiger partial charge in [-0.1, -0.05) is 12.1 Å². The number of carbonyl (C=O) groups is 4. The minimum atomic E-state index is -2.21. The molecule has 156 valence electrons. The molecule has 0 spiro atoms. The summed E-state index contributed by atoms with van der Waals surface area (Å²) < 4.78 is 10.5. The third-order valence-corrected chi connectivity index (χ3v) is 4.34. The third-order valence-electron chi connectivity index (χ3n) is 4.34. The van der Waals surface area contributed by atoms with Gasteiger partial charge in [0, 0.05) is 7.11 Å². The molecule has 0 fully saturated rings. The number of hydrogen-bond donors (Lipinski definition) is 5. The number of phenolic OH excluding ortho intramolecular Hbond substituents is 1. The lowest BCUT2D eigenvalue weighted by Crippen LogP contribution is -2.66. The Morgan fingerprint density at radius 1 is 1.31 bits per heavy atom. The maximum Gasteiger partial charge on any atom is 0.352 e. The Morgan fingerprint density at radius 2 is 1.93 bits per heavy atom. The van der Waals surface area contributed by atoms with Crippen LogP contribution in [0.15, 0.2) is 35.5 Å². The molecule has 1 aliphatic rings. The van der Waals surface area contributed by atoms with Gasteiger partial charge in [-0.15, -0.1) is 0 Å². The molecule has 0 aliphatic carbocycles. The highest BCUT2D eigenvalue weighted by molar-refractivity contribution is 6.03. The number of benzene rings is 1. The topological polar surface area (TPSA) is 171 Å². The lowest BCUT2D eigenvalue weighted by Gasteiger charge is -2.39. The largest absolute Gasteiger partial charge is 0.508 e. The van der Waals surface area contributed by atoms with E-state index in [0.29, 0.717) is 5.57 Å². The summed E-state index contributed by atoms with van der Waals surface area (Å²) >= 11 is 0. The Kier molecular flexibility index (Phi) is 6.56. The molecule has 29 heavy (non-hydrogen) atoms. The summed E-state index contributed by atoms with van der Waals surface area (Å²) in [5.74, 6) is -5.77. The number of hydrogen-bond acceptors (Lipinski definition) is 8. The van der Waals surface area contributed by atoms with E-state index in [-0.39, 0.29) is 29.9 Å². The Morgan fingerprint density at radius 3 is 2.41 bits per heavy atom. The average Bonchev–Trinajstić information content (AvgIpc) is 2.68. The number of aldehydes is 1. The van der Waals surface area contributed by atoms with Gasteiger partial charge in [0.25, 0.3) is 0 Å². The molecular formula is C18H20N2O9. The van der Waals surface area contributed by atoms with E-state index >= 15 is 0 Å². The molecule has 0 bridgehead atoms. The van der Waals surface area contributed by atoms with Crippen molar-refractivity contribution >= 4 is 24.1 Å². The summed E-state index contributed by atoms with van der Waals surface area (Å²) in [5.41, 5.74) is -2.04. The van der Waals surface area contributed by atoms with Gasteiger partial charge in [-0.2, -0.15) is 0 Å². The van der Waals surface area contributed by atoms with Crippen molar-refractivity contribution in [1.29, 1.82) is 0 Å². The summed E-state index contributed by atoms with van der Waals surface area (Å²) in [5, 5.41) is 32.8. The van der Waals surface area contributed by atoms with Crippen molar-refractivity contribution < 1.29 is 44.0 Å². The van der Waals surface area contributed by atoms with Crippen molar-refractivity contribution in [2.75, 3.05) is 13.7 Å². The predicted molar refractivity (Wildman–Crippen MR) is 95.6 cm³/mol. The van der Waals surface area contributed by atoms with E-state index in [1.807, 2.05) is 0 Å². The van der Waals surface area contributed by atoms with E-state index in [1.54, 1.807) is 0 Å². The van der Waals surface area contributed by atoms with Gasteiger partial charge in [0.05, 0.1) is 6.61 Å². The molecule has 0 aromatic heterocycles. The number of carbonyl (C=O) groups excluding carboxylic acids is 2. The fourth-order valence-electron chi connectivity index (χ4n) is 2.75. The number of carboxylic acids is 2. The van der Waals surface area contributed by atoms with Crippen molar-refractivity contribution in [3.63, 3.8) is 0 Å². The van der Waals surface area contributed by atoms with Gasteiger partial charge in [-0.25, -0.2) is 4.79 Å². The van der Waals surface area contributed by atoms with E-state index < -0.39 is 35.7 Å². The van der Waals surface area contributed by atoms with Crippen LogP contribution in [0.4, 0.5) is 0 Å². The average molecular weight is 408 g/mol. The van der Waals surface area contributed by atoms with Gasteiger partial charge in [0.15, 0.2) is 18.4 Å². The first-order valence-corrected chi connectivity index (χ1v) is 8.31. The summed E-state index contributed by atoms with van der Waals surface area (Å²) in [4.78, 5) is 47.6. The van der Waals surface area contributed by atoms with Gasteiger partial charge < -0.3 is 35.4 Å². The molecule has 0 unspecified atom stereocenters. The Balaban J connectivity index is 2.34. The van der Waals surface area contributed by atoms with Crippen LogP contribution in [0, 0.1) is 0 Å². The van der Waals surface area contributed by atoms with Crippen LogP contribution in [0.2, 0.25) is 0 Å². The SMILES string of the molecule is CO[C@](C=O)(NC(=O)[C@H](C(=O)O)c1ccc(O)cc1)[C@@H]1NC(C(=O)O)=C(C)CO1. The molecule has 5 N–H and O–H groups in total. The van der Waals surface area contributed by atoms with Crippen molar-refractivity contribution in [2.45, 2.75) is 24.8 Å². The summed E-state index contributed by atoms with van der Waals surface area (Å²) in [7, 11) is 1.07. The highest BCUT2D eigenvalue weighted by Gasteiger charge is 2.46. The highest BCUT2D eigenvalue weighted by atomic mass is 16.6. The quantitative estimate of drug-likeness (QED) is 0.215. The molecule has 1 aromatic carbocycles. The highest BCUT2D eigenvalue weighted by Crippen LogP contribution is 2.23. The molecule has 1 amide bonds. The molecule has 1 heterocycles. The van der Waals surface area contributed by atoms with E-state index in [1.165, 1.54) is 31.2 Å². The molecule has 0 saturated heterocycles. The molecule has 11 nitrogen and oxygen atoms in total. The second kappa shape index (κ2) is 8.71. The number of rotatable bonds is 8. The molecule has 11 heteroatoms. The van der Waals surface area contributed by atoms with E-state index in [4.69, 9.17) is 9.47 Å². The number of nitrogens with one attached hydrogen (secondary N) is 2. The molecule has 0 saturated carbocycles. The van der Waals surface area contributed by atoms with Crippen molar-refractivity contribution in [3.8, 4) is 5.75 Å². The minimum absolute atomic E-state index is 0.0446. The van der Waals surface area contributed by atoms with E-state index in [0.717, 1.165) is 7.11 Å². The number of amides is 1. The zero-order valence-electron chi connectivity index (χ0n) is 15.5. The second-order valence-corrected chi connectivity index (χ2v) is 6.26. The Bertz CT molecular complexity index is 849. The zero-order chi connectivity index (χ0) is 21.8. The van der Waals surface area contributed by atoms with Crippen LogP contribution in [-0.4, -0.2) is 65.1 Å². The van der Waals surface area contributed by atoms with Gasteiger partial charge >= 0.3 is 11.9 Å².